The number of hydrogen-bond acceptors (Lipinski definition) is 4. The minimum absolute atomic E-state index is 0.142. The van der Waals surface area contributed by atoms with E-state index in [1.54, 1.807) is 19.2 Å². The number of aliphatic hydroxyl groups excluding tert-OH is 1. The molecule has 0 aliphatic heterocycles. The summed E-state index contributed by atoms with van der Waals surface area (Å²) in [7, 11) is 1.63. The smallest absolute Gasteiger partial charge is 0.138 e. The maximum absolute atomic E-state index is 10.4. The summed E-state index contributed by atoms with van der Waals surface area (Å²) in [5.41, 5.74) is 1.84. The van der Waals surface area contributed by atoms with E-state index < -0.39 is 6.10 Å². The fourth-order valence-electron chi connectivity index (χ4n) is 2.58. The van der Waals surface area contributed by atoms with Crippen molar-refractivity contribution in [3.8, 4) is 5.75 Å². The molecule has 0 amide bonds. The SMILES string of the molecule is COCc1nc2ccccc2n1C[C@@H](O)COc1ccccc1Cl. The Hall–Kier alpha value is -2.08. The standard InChI is InChI=1S/C18H19ClN2O3/c1-23-12-18-20-15-7-3-4-8-16(15)21(18)10-13(22)11-24-17-9-5-2-6-14(17)19/h2-9,13,22H,10-12H2,1H3/t13-/m1/s1. The zero-order valence-corrected chi connectivity index (χ0v) is 14.1. The van der Waals surface area contributed by atoms with Crippen LogP contribution in [0.1, 0.15) is 5.82 Å². The third kappa shape index (κ3) is 3.70. The van der Waals surface area contributed by atoms with Gasteiger partial charge >= 0.3 is 0 Å². The van der Waals surface area contributed by atoms with Crippen LogP contribution in [0.3, 0.4) is 0 Å². The number of para-hydroxylation sites is 3. The van der Waals surface area contributed by atoms with Gasteiger partial charge in [0.1, 0.15) is 30.9 Å². The molecule has 0 saturated carbocycles. The number of halogens is 1. The van der Waals surface area contributed by atoms with Crippen LogP contribution in [0.4, 0.5) is 0 Å². The molecule has 6 heteroatoms. The molecule has 1 atom stereocenters. The third-order valence-corrected chi connectivity index (χ3v) is 3.98. The van der Waals surface area contributed by atoms with E-state index in [9.17, 15) is 5.11 Å². The molecule has 0 saturated heterocycles. The number of nitrogens with zero attached hydrogens (tertiary/aromatic N) is 2. The molecule has 126 valence electrons. The van der Waals surface area contributed by atoms with Crippen LogP contribution in [-0.4, -0.2) is 34.5 Å². The topological polar surface area (TPSA) is 56.5 Å². The fourth-order valence-corrected chi connectivity index (χ4v) is 2.77. The zero-order chi connectivity index (χ0) is 16.9. The lowest BCUT2D eigenvalue weighted by Crippen LogP contribution is -2.24. The lowest BCUT2D eigenvalue weighted by molar-refractivity contribution is 0.0902. The Labute approximate surface area is 145 Å². The van der Waals surface area contributed by atoms with Crippen molar-refractivity contribution >= 4 is 22.6 Å². The second kappa shape index (κ2) is 7.66. The van der Waals surface area contributed by atoms with Gasteiger partial charge < -0.3 is 19.1 Å². The molecule has 0 radical (unpaired) electrons. The Kier molecular flexibility index (Phi) is 5.35. The van der Waals surface area contributed by atoms with Gasteiger partial charge in [0, 0.05) is 7.11 Å². The van der Waals surface area contributed by atoms with Crippen molar-refractivity contribution in [3.05, 3.63) is 59.4 Å². The Bertz CT molecular complexity index is 819. The number of benzene rings is 2. The zero-order valence-electron chi connectivity index (χ0n) is 13.4. The molecule has 0 unspecified atom stereocenters. The molecule has 0 bridgehead atoms. The van der Waals surface area contributed by atoms with Gasteiger partial charge in [0.2, 0.25) is 0 Å². The molecule has 24 heavy (non-hydrogen) atoms. The molecule has 0 fully saturated rings. The van der Waals surface area contributed by atoms with Crippen LogP contribution in [-0.2, 0) is 17.9 Å². The molecule has 1 N–H and O–H groups in total. The van der Waals surface area contributed by atoms with Gasteiger partial charge in [-0.15, -0.1) is 0 Å². The highest BCUT2D eigenvalue weighted by atomic mass is 35.5. The second-order valence-electron chi connectivity index (χ2n) is 5.46. The van der Waals surface area contributed by atoms with E-state index in [4.69, 9.17) is 21.1 Å². The van der Waals surface area contributed by atoms with Crippen molar-refractivity contribution in [2.24, 2.45) is 0 Å². The number of aromatic nitrogens is 2. The van der Waals surface area contributed by atoms with Gasteiger partial charge in [-0.3, -0.25) is 0 Å². The Morgan fingerprint density at radius 3 is 2.71 bits per heavy atom. The number of rotatable bonds is 7. The average molecular weight is 347 g/mol. The summed E-state index contributed by atoms with van der Waals surface area (Å²) < 4.78 is 12.8. The quantitative estimate of drug-likeness (QED) is 0.713. The average Bonchev–Trinajstić information content (AvgIpc) is 2.92. The van der Waals surface area contributed by atoms with Crippen LogP contribution < -0.4 is 4.74 Å². The first kappa shape index (κ1) is 16.8. The van der Waals surface area contributed by atoms with Gasteiger partial charge in [-0.25, -0.2) is 4.98 Å². The van der Waals surface area contributed by atoms with Crippen LogP contribution in [0.5, 0.6) is 5.75 Å². The van der Waals surface area contributed by atoms with E-state index in [0.29, 0.717) is 23.9 Å². The highest BCUT2D eigenvalue weighted by molar-refractivity contribution is 6.32. The normalized spacial score (nSPS) is 12.5. The molecule has 1 heterocycles. The van der Waals surface area contributed by atoms with E-state index in [1.165, 1.54) is 0 Å². The minimum Gasteiger partial charge on any atom is -0.489 e. The van der Waals surface area contributed by atoms with Crippen LogP contribution in [0, 0.1) is 0 Å². The lowest BCUT2D eigenvalue weighted by Gasteiger charge is -2.16. The van der Waals surface area contributed by atoms with Crippen LogP contribution in [0.2, 0.25) is 5.02 Å². The van der Waals surface area contributed by atoms with Crippen LogP contribution in [0.25, 0.3) is 11.0 Å². The lowest BCUT2D eigenvalue weighted by atomic mass is 10.3. The second-order valence-corrected chi connectivity index (χ2v) is 5.86. The predicted molar refractivity (Wildman–Crippen MR) is 93.4 cm³/mol. The van der Waals surface area contributed by atoms with Gasteiger partial charge in [-0.1, -0.05) is 35.9 Å². The summed E-state index contributed by atoms with van der Waals surface area (Å²) >= 11 is 6.06. The Morgan fingerprint density at radius 1 is 1.17 bits per heavy atom. The Morgan fingerprint density at radius 2 is 1.92 bits per heavy atom. The summed E-state index contributed by atoms with van der Waals surface area (Å²) in [5.74, 6) is 1.33. The maximum Gasteiger partial charge on any atom is 0.138 e. The van der Waals surface area contributed by atoms with Gasteiger partial charge in [-0.2, -0.15) is 0 Å². The van der Waals surface area contributed by atoms with E-state index in [0.717, 1.165) is 16.9 Å². The monoisotopic (exact) mass is 346 g/mol. The number of ether oxygens (including phenoxy) is 2. The van der Waals surface area contributed by atoms with E-state index >= 15 is 0 Å². The molecule has 5 nitrogen and oxygen atoms in total. The van der Waals surface area contributed by atoms with Crippen molar-refractivity contribution in [2.45, 2.75) is 19.3 Å². The molecular weight excluding hydrogens is 328 g/mol. The predicted octanol–water partition coefficient (Wildman–Crippen LogP) is 3.28. The number of fused-ring (bicyclic) bond motifs is 1. The fraction of sp³-hybridized carbons (Fsp3) is 0.278. The van der Waals surface area contributed by atoms with Crippen LogP contribution >= 0.6 is 11.6 Å². The molecule has 3 aromatic rings. The number of methoxy groups -OCH3 is 1. The van der Waals surface area contributed by atoms with Crippen molar-refractivity contribution < 1.29 is 14.6 Å². The van der Waals surface area contributed by atoms with E-state index in [1.807, 2.05) is 41.0 Å². The highest BCUT2D eigenvalue weighted by Crippen LogP contribution is 2.23. The molecule has 1 aromatic heterocycles. The molecule has 3 rings (SSSR count). The van der Waals surface area contributed by atoms with Crippen molar-refractivity contribution in [2.75, 3.05) is 13.7 Å². The largest absolute Gasteiger partial charge is 0.489 e. The summed E-state index contributed by atoms with van der Waals surface area (Å²) in [6.07, 6.45) is -0.700. The van der Waals surface area contributed by atoms with Gasteiger partial charge in [0.05, 0.1) is 22.6 Å². The van der Waals surface area contributed by atoms with Crippen LogP contribution in [0.15, 0.2) is 48.5 Å². The maximum atomic E-state index is 10.4. The number of hydrogen-bond donors (Lipinski definition) is 1. The number of imidazole rings is 1. The minimum atomic E-state index is -0.700. The van der Waals surface area contributed by atoms with Gasteiger partial charge in [-0.05, 0) is 24.3 Å². The molecule has 2 aromatic carbocycles. The summed E-state index contributed by atoms with van der Waals surface area (Å²) in [4.78, 5) is 4.55. The molecule has 0 spiro atoms. The van der Waals surface area contributed by atoms with Gasteiger partial charge in [0.25, 0.3) is 0 Å². The third-order valence-electron chi connectivity index (χ3n) is 3.67. The summed E-state index contributed by atoms with van der Waals surface area (Å²) in [6, 6.07) is 15.0. The summed E-state index contributed by atoms with van der Waals surface area (Å²) in [6.45, 7) is 0.888. The first-order valence-electron chi connectivity index (χ1n) is 7.67. The molecule has 0 aliphatic rings. The van der Waals surface area contributed by atoms with Crippen molar-refractivity contribution in [1.29, 1.82) is 0 Å². The van der Waals surface area contributed by atoms with Gasteiger partial charge in [0.15, 0.2) is 0 Å². The highest BCUT2D eigenvalue weighted by Gasteiger charge is 2.15. The summed E-state index contributed by atoms with van der Waals surface area (Å²) in [5, 5.41) is 10.9. The molecule has 0 aliphatic carbocycles. The molecular formula is C18H19ClN2O3. The van der Waals surface area contributed by atoms with E-state index in [-0.39, 0.29) is 6.61 Å². The van der Waals surface area contributed by atoms with Crippen molar-refractivity contribution in [1.82, 2.24) is 9.55 Å². The first-order valence-corrected chi connectivity index (χ1v) is 8.05. The number of aliphatic hydroxyl groups is 1. The van der Waals surface area contributed by atoms with E-state index in [2.05, 4.69) is 4.98 Å². The first-order chi connectivity index (χ1) is 11.7. The van der Waals surface area contributed by atoms with Crippen molar-refractivity contribution in [3.63, 3.8) is 0 Å². The Balaban J connectivity index is 1.74.